The number of methoxy groups -OCH3 is 1. The molecule has 2 rings (SSSR count). The maximum atomic E-state index is 12.9. The van der Waals surface area contributed by atoms with Crippen molar-refractivity contribution in [3.63, 3.8) is 0 Å². The Kier molecular flexibility index (Phi) is 5.31. The zero-order chi connectivity index (χ0) is 15.9. The summed E-state index contributed by atoms with van der Waals surface area (Å²) in [5.74, 6) is 0.194. The molecule has 0 aliphatic rings. The Hall–Kier alpha value is -2.62. The fourth-order valence-electron chi connectivity index (χ4n) is 2.07. The lowest BCUT2D eigenvalue weighted by molar-refractivity contribution is -0.117. The fraction of sp³-hybridized carbons (Fsp3) is 0.167. The SMILES string of the molecule is COc1ccccc1/C=C/C(=O)NC(C)c1ccc(F)cc1. The van der Waals surface area contributed by atoms with Crippen molar-refractivity contribution < 1.29 is 13.9 Å². The summed E-state index contributed by atoms with van der Waals surface area (Å²) in [4.78, 5) is 12.0. The van der Waals surface area contributed by atoms with Crippen molar-refractivity contribution in [2.24, 2.45) is 0 Å². The van der Waals surface area contributed by atoms with E-state index in [4.69, 9.17) is 4.74 Å². The minimum absolute atomic E-state index is 0.199. The Labute approximate surface area is 129 Å². The van der Waals surface area contributed by atoms with Crippen molar-refractivity contribution in [2.45, 2.75) is 13.0 Å². The Balaban J connectivity index is 2.00. The van der Waals surface area contributed by atoms with E-state index in [1.54, 1.807) is 25.3 Å². The molecule has 0 saturated carbocycles. The van der Waals surface area contributed by atoms with Crippen LogP contribution in [0, 0.1) is 5.82 Å². The second-order valence-electron chi connectivity index (χ2n) is 4.86. The largest absolute Gasteiger partial charge is 0.496 e. The molecule has 1 atom stereocenters. The molecule has 1 unspecified atom stereocenters. The Morgan fingerprint density at radius 1 is 1.18 bits per heavy atom. The van der Waals surface area contributed by atoms with E-state index in [0.717, 1.165) is 11.1 Å². The van der Waals surface area contributed by atoms with Crippen LogP contribution in [0.3, 0.4) is 0 Å². The molecule has 0 aromatic heterocycles. The lowest BCUT2D eigenvalue weighted by Crippen LogP contribution is -2.24. The van der Waals surface area contributed by atoms with E-state index >= 15 is 0 Å². The van der Waals surface area contributed by atoms with Crippen molar-refractivity contribution in [2.75, 3.05) is 7.11 Å². The van der Waals surface area contributed by atoms with E-state index in [1.165, 1.54) is 18.2 Å². The van der Waals surface area contributed by atoms with Crippen LogP contribution >= 0.6 is 0 Å². The van der Waals surface area contributed by atoms with Crippen LogP contribution in [0.4, 0.5) is 4.39 Å². The molecule has 0 heterocycles. The van der Waals surface area contributed by atoms with Gasteiger partial charge in [-0.1, -0.05) is 30.3 Å². The Morgan fingerprint density at radius 2 is 1.86 bits per heavy atom. The lowest BCUT2D eigenvalue weighted by atomic mass is 10.1. The molecule has 0 spiro atoms. The number of hydrogen-bond donors (Lipinski definition) is 1. The van der Waals surface area contributed by atoms with Crippen molar-refractivity contribution >= 4 is 12.0 Å². The van der Waals surface area contributed by atoms with Gasteiger partial charge in [-0.25, -0.2) is 4.39 Å². The highest BCUT2D eigenvalue weighted by Gasteiger charge is 2.07. The molecule has 2 aromatic carbocycles. The predicted octanol–water partition coefficient (Wildman–Crippen LogP) is 3.72. The average Bonchev–Trinajstić information content (AvgIpc) is 2.53. The maximum absolute atomic E-state index is 12.9. The third kappa shape index (κ3) is 4.19. The molecule has 0 saturated heterocycles. The van der Waals surface area contributed by atoms with E-state index in [1.807, 2.05) is 31.2 Å². The number of carbonyl (C=O) groups excluding carboxylic acids is 1. The van der Waals surface area contributed by atoms with Crippen molar-refractivity contribution in [3.05, 3.63) is 71.6 Å². The van der Waals surface area contributed by atoms with Crippen LogP contribution in [0.1, 0.15) is 24.1 Å². The number of ether oxygens (including phenoxy) is 1. The lowest BCUT2D eigenvalue weighted by Gasteiger charge is -2.12. The van der Waals surface area contributed by atoms with Gasteiger partial charge in [-0.15, -0.1) is 0 Å². The topological polar surface area (TPSA) is 38.3 Å². The van der Waals surface area contributed by atoms with Crippen LogP contribution < -0.4 is 10.1 Å². The first kappa shape index (κ1) is 15.8. The van der Waals surface area contributed by atoms with E-state index < -0.39 is 0 Å². The van der Waals surface area contributed by atoms with Crippen LogP contribution in [0.25, 0.3) is 6.08 Å². The molecule has 0 bridgehead atoms. The van der Waals surface area contributed by atoms with Gasteiger partial charge in [0.15, 0.2) is 0 Å². The molecule has 0 fully saturated rings. The number of halogens is 1. The van der Waals surface area contributed by atoms with Crippen molar-refractivity contribution in [1.29, 1.82) is 0 Å². The number of rotatable bonds is 5. The maximum Gasteiger partial charge on any atom is 0.244 e. The Morgan fingerprint density at radius 3 is 2.55 bits per heavy atom. The zero-order valence-electron chi connectivity index (χ0n) is 12.5. The standard InChI is InChI=1S/C18H18FNO2/c1-13(14-7-10-16(19)11-8-14)20-18(21)12-9-15-5-3-4-6-17(15)22-2/h3-13H,1-2H3,(H,20,21)/b12-9+. The number of para-hydroxylation sites is 1. The quantitative estimate of drug-likeness (QED) is 0.854. The fourth-order valence-corrected chi connectivity index (χ4v) is 2.07. The summed E-state index contributed by atoms with van der Waals surface area (Å²) in [7, 11) is 1.59. The van der Waals surface area contributed by atoms with Gasteiger partial charge in [-0.2, -0.15) is 0 Å². The van der Waals surface area contributed by atoms with Crippen LogP contribution in [0.15, 0.2) is 54.6 Å². The minimum Gasteiger partial charge on any atom is -0.496 e. The molecule has 1 N–H and O–H groups in total. The second-order valence-corrected chi connectivity index (χ2v) is 4.86. The molecule has 2 aromatic rings. The minimum atomic E-state index is -0.293. The average molecular weight is 299 g/mol. The van der Waals surface area contributed by atoms with E-state index in [0.29, 0.717) is 5.75 Å². The van der Waals surface area contributed by atoms with Gasteiger partial charge in [0.2, 0.25) is 5.91 Å². The normalized spacial score (nSPS) is 12.1. The number of nitrogens with one attached hydrogen (secondary N) is 1. The molecule has 4 heteroatoms. The first-order chi connectivity index (χ1) is 10.6. The molecular formula is C18H18FNO2. The van der Waals surface area contributed by atoms with Gasteiger partial charge >= 0.3 is 0 Å². The van der Waals surface area contributed by atoms with E-state index in [9.17, 15) is 9.18 Å². The molecule has 1 amide bonds. The molecule has 114 valence electrons. The van der Waals surface area contributed by atoms with Crippen LogP contribution in [-0.2, 0) is 4.79 Å². The monoisotopic (exact) mass is 299 g/mol. The Bertz CT molecular complexity index is 665. The number of carbonyl (C=O) groups is 1. The first-order valence-corrected chi connectivity index (χ1v) is 6.97. The van der Waals surface area contributed by atoms with Gasteiger partial charge in [0.05, 0.1) is 13.2 Å². The molecule has 0 aliphatic carbocycles. The summed E-state index contributed by atoms with van der Waals surface area (Å²) in [6.07, 6.45) is 3.16. The first-order valence-electron chi connectivity index (χ1n) is 6.97. The van der Waals surface area contributed by atoms with E-state index in [2.05, 4.69) is 5.32 Å². The van der Waals surface area contributed by atoms with Gasteiger partial charge in [-0.3, -0.25) is 4.79 Å². The molecule has 0 radical (unpaired) electrons. The predicted molar refractivity (Wildman–Crippen MR) is 85.0 cm³/mol. The van der Waals surface area contributed by atoms with Crippen molar-refractivity contribution in [3.8, 4) is 5.75 Å². The van der Waals surface area contributed by atoms with E-state index in [-0.39, 0.29) is 17.8 Å². The smallest absolute Gasteiger partial charge is 0.244 e. The summed E-state index contributed by atoms with van der Waals surface area (Å²) in [5, 5.41) is 2.83. The number of amides is 1. The van der Waals surface area contributed by atoms with Gasteiger partial charge in [0.25, 0.3) is 0 Å². The van der Waals surface area contributed by atoms with Crippen LogP contribution in [0.5, 0.6) is 5.75 Å². The summed E-state index contributed by atoms with van der Waals surface area (Å²) in [6.45, 7) is 1.85. The summed E-state index contributed by atoms with van der Waals surface area (Å²) in [5.41, 5.74) is 1.68. The number of benzene rings is 2. The zero-order valence-corrected chi connectivity index (χ0v) is 12.5. The molecule has 22 heavy (non-hydrogen) atoms. The van der Waals surface area contributed by atoms with Gasteiger partial charge in [0, 0.05) is 11.6 Å². The van der Waals surface area contributed by atoms with Gasteiger partial charge in [-0.05, 0) is 36.8 Å². The summed E-state index contributed by atoms with van der Waals surface area (Å²) < 4.78 is 18.1. The number of hydrogen-bond acceptors (Lipinski definition) is 2. The van der Waals surface area contributed by atoms with Crippen molar-refractivity contribution in [1.82, 2.24) is 5.32 Å². The second kappa shape index (κ2) is 7.41. The highest BCUT2D eigenvalue weighted by atomic mass is 19.1. The van der Waals surface area contributed by atoms with Gasteiger partial charge < -0.3 is 10.1 Å². The third-order valence-electron chi connectivity index (χ3n) is 3.28. The highest BCUT2D eigenvalue weighted by molar-refractivity contribution is 5.92. The van der Waals surface area contributed by atoms with Crippen LogP contribution in [-0.4, -0.2) is 13.0 Å². The van der Waals surface area contributed by atoms with Gasteiger partial charge in [0.1, 0.15) is 11.6 Å². The molecular weight excluding hydrogens is 281 g/mol. The summed E-state index contributed by atoms with van der Waals surface area (Å²) in [6, 6.07) is 13.3. The van der Waals surface area contributed by atoms with Crippen LogP contribution in [0.2, 0.25) is 0 Å². The highest BCUT2D eigenvalue weighted by Crippen LogP contribution is 2.18. The summed E-state index contributed by atoms with van der Waals surface area (Å²) >= 11 is 0. The molecule has 0 aliphatic heterocycles. The third-order valence-corrected chi connectivity index (χ3v) is 3.28. The molecule has 3 nitrogen and oxygen atoms in total.